The second-order valence-corrected chi connectivity index (χ2v) is 10.4. The molecule has 0 N–H and O–H groups in total. The van der Waals surface area contributed by atoms with Crippen molar-refractivity contribution >= 4 is 27.2 Å². The highest BCUT2D eigenvalue weighted by Crippen LogP contribution is 2.36. The molecule has 33 heavy (non-hydrogen) atoms. The van der Waals surface area contributed by atoms with Crippen molar-refractivity contribution in [3.8, 4) is 10.6 Å². The van der Waals surface area contributed by atoms with Gasteiger partial charge < -0.3 is 4.90 Å². The Morgan fingerprint density at radius 1 is 1.03 bits per heavy atom. The van der Waals surface area contributed by atoms with Crippen LogP contribution < -0.4 is 14.8 Å². The molecule has 1 unspecified atom stereocenters. The molecule has 1 atom stereocenters. The zero-order valence-electron chi connectivity index (χ0n) is 21.2. The average Bonchev–Trinajstić information content (AvgIpc) is 3.08. The SMILES string of the molecule is CC=CC(C)N1CCCN(c2cc(CC)c3nc4c(CC)cc(=[N+](C)C)cc-4sc3c2)CC1. The van der Waals surface area contributed by atoms with Crippen molar-refractivity contribution in [1.82, 2.24) is 14.5 Å². The van der Waals surface area contributed by atoms with Gasteiger partial charge in [0, 0.05) is 50.0 Å². The highest BCUT2D eigenvalue weighted by molar-refractivity contribution is 7.21. The number of aryl methyl sites for hydroxylation is 2. The van der Waals surface area contributed by atoms with E-state index in [1.165, 1.54) is 49.4 Å². The Morgan fingerprint density at radius 3 is 2.52 bits per heavy atom. The Hall–Kier alpha value is -2.24. The number of nitrogens with zero attached hydrogens (tertiary/aromatic N) is 4. The molecule has 4 rings (SSSR count). The Labute approximate surface area is 203 Å². The number of hydrogen-bond acceptors (Lipinski definition) is 4. The van der Waals surface area contributed by atoms with Crippen molar-refractivity contribution in [3.63, 3.8) is 0 Å². The molecule has 1 aromatic carbocycles. The lowest BCUT2D eigenvalue weighted by Gasteiger charge is -2.27. The second-order valence-electron chi connectivity index (χ2n) is 9.36. The van der Waals surface area contributed by atoms with Gasteiger partial charge in [0.2, 0.25) is 5.36 Å². The van der Waals surface area contributed by atoms with E-state index in [-0.39, 0.29) is 0 Å². The molecule has 1 fully saturated rings. The summed E-state index contributed by atoms with van der Waals surface area (Å²) in [5, 5.41) is 1.26. The van der Waals surface area contributed by atoms with Crippen molar-refractivity contribution in [1.29, 1.82) is 0 Å². The summed E-state index contributed by atoms with van der Waals surface area (Å²) < 4.78 is 3.50. The molecule has 176 valence electrons. The first-order valence-electron chi connectivity index (χ1n) is 12.5. The van der Waals surface area contributed by atoms with Crippen LogP contribution in [-0.4, -0.2) is 56.2 Å². The Balaban J connectivity index is 1.77. The first-order valence-corrected chi connectivity index (χ1v) is 13.3. The fourth-order valence-electron chi connectivity index (χ4n) is 4.92. The third-order valence-electron chi connectivity index (χ3n) is 6.94. The summed E-state index contributed by atoms with van der Waals surface area (Å²) in [4.78, 5) is 11.7. The molecule has 2 aliphatic heterocycles. The lowest BCUT2D eigenvalue weighted by atomic mass is 10.1. The maximum Gasteiger partial charge on any atom is 0.201 e. The van der Waals surface area contributed by atoms with Gasteiger partial charge in [0.15, 0.2) is 0 Å². The van der Waals surface area contributed by atoms with Crippen LogP contribution in [0.4, 0.5) is 5.69 Å². The van der Waals surface area contributed by atoms with Crippen molar-refractivity contribution in [3.05, 3.63) is 52.9 Å². The van der Waals surface area contributed by atoms with E-state index < -0.39 is 0 Å². The summed E-state index contributed by atoms with van der Waals surface area (Å²) >= 11 is 1.90. The van der Waals surface area contributed by atoms with Gasteiger partial charge in [-0.25, -0.2) is 9.56 Å². The number of fused-ring (bicyclic) bond motifs is 2. The Kier molecular flexibility index (Phi) is 7.50. The van der Waals surface area contributed by atoms with Gasteiger partial charge in [-0.15, -0.1) is 11.3 Å². The number of rotatable bonds is 5. The van der Waals surface area contributed by atoms with E-state index in [1.807, 2.05) is 11.3 Å². The second kappa shape index (κ2) is 10.4. The molecule has 4 nitrogen and oxygen atoms in total. The predicted molar refractivity (Wildman–Crippen MR) is 145 cm³/mol. The van der Waals surface area contributed by atoms with E-state index >= 15 is 0 Å². The van der Waals surface area contributed by atoms with E-state index in [0.717, 1.165) is 39.0 Å². The maximum absolute atomic E-state index is 5.24. The van der Waals surface area contributed by atoms with E-state index in [4.69, 9.17) is 4.98 Å². The van der Waals surface area contributed by atoms with Crippen LogP contribution in [0.25, 0.3) is 20.8 Å². The third-order valence-corrected chi connectivity index (χ3v) is 8.00. The Morgan fingerprint density at radius 2 is 1.82 bits per heavy atom. The minimum absolute atomic E-state index is 0.509. The number of hydrogen-bond donors (Lipinski definition) is 0. The van der Waals surface area contributed by atoms with Gasteiger partial charge in [-0.2, -0.15) is 0 Å². The van der Waals surface area contributed by atoms with Gasteiger partial charge in [0.25, 0.3) is 0 Å². The topological polar surface area (TPSA) is 22.4 Å². The zero-order chi connectivity index (χ0) is 23.5. The fraction of sp³-hybridized carbons (Fsp3) is 0.500. The van der Waals surface area contributed by atoms with Gasteiger partial charge in [0.1, 0.15) is 14.1 Å². The molecule has 0 saturated carbocycles. The summed E-state index contributed by atoms with van der Waals surface area (Å²) in [6, 6.07) is 9.90. The van der Waals surface area contributed by atoms with E-state index in [9.17, 15) is 0 Å². The summed E-state index contributed by atoms with van der Waals surface area (Å²) in [6.45, 7) is 13.4. The summed E-state index contributed by atoms with van der Waals surface area (Å²) in [5.74, 6) is 0. The highest BCUT2D eigenvalue weighted by atomic mass is 32.1. The monoisotopic (exact) mass is 463 g/mol. The molecule has 0 bridgehead atoms. The summed E-state index contributed by atoms with van der Waals surface area (Å²) in [7, 11) is 4.24. The Bertz CT molecular complexity index is 1190. The van der Waals surface area contributed by atoms with Crippen LogP contribution in [0.5, 0.6) is 0 Å². The molecule has 5 heteroatoms. The lowest BCUT2D eigenvalue weighted by molar-refractivity contribution is 0.259. The van der Waals surface area contributed by atoms with Crippen molar-refractivity contribution in [2.45, 2.75) is 53.0 Å². The molecule has 1 aliphatic carbocycles. The van der Waals surface area contributed by atoms with Crippen molar-refractivity contribution in [2.24, 2.45) is 0 Å². The normalized spacial score (nSPS) is 16.6. The molecule has 1 saturated heterocycles. The van der Waals surface area contributed by atoms with Crippen molar-refractivity contribution < 1.29 is 0 Å². The third kappa shape index (κ3) is 4.99. The molecule has 0 aromatic heterocycles. The highest BCUT2D eigenvalue weighted by Gasteiger charge is 2.20. The molecule has 2 heterocycles. The first-order chi connectivity index (χ1) is 15.9. The molecule has 1 aromatic rings. The average molecular weight is 464 g/mol. The zero-order valence-corrected chi connectivity index (χ0v) is 22.0. The molecule has 0 amide bonds. The molecule has 0 radical (unpaired) electrons. The van der Waals surface area contributed by atoms with Crippen molar-refractivity contribution in [2.75, 3.05) is 45.2 Å². The summed E-state index contributed by atoms with van der Waals surface area (Å²) in [6.07, 6.45) is 7.69. The maximum atomic E-state index is 5.24. The van der Waals surface area contributed by atoms with Crippen LogP contribution in [0.3, 0.4) is 0 Å². The van der Waals surface area contributed by atoms with Gasteiger partial charge >= 0.3 is 0 Å². The van der Waals surface area contributed by atoms with E-state index in [2.05, 4.69) is 92.6 Å². The molecule has 3 aliphatic rings. The number of anilines is 1. The molecular formula is C28H39N4S+. The number of benzene rings is 2. The van der Waals surface area contributed by atoms with E-state index in [1.54, 1.807) is 0 Å². The van der Waals surface area contributed by atoms with Crippen LogP contribution >= 0.6 is 11.3 Å². The van der Waals surface area contributed by atoms with Gasteiger partial charge in [-0.05, 0) is 56.4 Å². The van der Waals surface area contributed by atoms with Gasteiger partial charge in [0.05, 0.1) is 20.8 Å². The minimum atomic E-state index is 0.509. The summed E-state index contributed by atoms with van der Waals surface area (Å²) in [5.41, 5.74) is 6.42. The molecule has 0 spiro atoms. The quantitative estimate of drug-likeness (QED) is 0.301. The van der Waals surface area contributed by atoms with Crippen LogP contribution in [0.1, 0.15) is 45.2 Å². The smallest absolute Gasteiger partial charge is 0.201 e. The largest absolute Gasteiger partial charge is 0.370 e. The van der Waals surface area contributed by atoms with Crippen LogP contribution in [0.2, 0.25) is 0 Å². The number of allylic oxidation sites excluding steroid dienone is 1. The van der Waals surface area contributed by atoms with E-state index in [0.29, 0.717) is 6.04 Å². The van der Waals surface area contributed by atoms with Gasteiger partial charge in [-0.3, -0.25) is 4.90 Å². The minimum Gasteiger partial charge on any atom is -0.370 e. The van der Waals surface area contributed by atoms with Crippen LogP contribution in [0.15, 0.2) is 36.4 Å². The van der Waals surface area contributed by atoms with Gasteiger partial charge in [-0.1, -0.05) is 26.0 Å². The fourth-order valence-corrected chi connectivity index (χ4v) is 6.06. The predicted octanol–water partition coefficient (Wildman–Crippen LogP) is 5.03. The van der Waals surface area contributed by atoms with Crippen LogP contribution in [0, 0.1) is 0 Å². The molecular weight excluding hydrogens is 424 g/mol. The first kappa shape index (κ1) is 23.9. The standard InChI is InChI=1S/C28H39N4S/c1-7-11-20(4)31-12-10-13-32(15-14-31)24-17-22(9-3)28-26(19-24)33-25-18-23(30(5)6)16-21(8-2)27(25)29-28/h7,11,16-20H,8-10,12-15H2,1-6H3/q+1. The van der Waals surface area contributed by atoms with Crippen LogP contribution in [-0.2, 0) is 12.8 Å². The number of aromatic nitrogens is 1. The lowest BCUT2D eigenvalue weighted by Crippen LogP contribution is -2.35.